The van der Waals surface area contributed by atoms with E-state index in [0.29, 0.717) is 6.42 Å². The lowest BCUT2D eigenvalue weighted by molar-refractivity contribution is 0.353. The third kappa shape index (κ3) is 1.86. The number of benzene rings is 1. The molecule has 0 aromatic heterocycles. The number of hydrogen-bond donors (Lipinski definition) is 1. The maximum atomic E-state index is 6.31. The van der Waals surface area contributed by atoms with E-state index in [4.69, 9.17) is 12.2 Å². The Morgan fingerprint density at radius 3 is 2.44 bits per heavy atom. The lowest BCUT2D eigenvalue weighted by Crippen LogP contribution is -2.43. The van der Waals surface area contributed by atoms with Gasteiger partial charge < -0.3 is 5.73 Å². The topological polar surface area (TPSA) is 26.0 Å². The van der Waals surface area contributed by atoms with Crippen molar-refractivity contribution in [1.82, 2.24) is 0 Å². The molecule has 1 heteroatoms. The van der Waals surface area contributed by atoms with Gasteiger partial charge in [0.15, 0.2) is 0 Å². The van der Waals surface area contributed by atoms with Crippen molar-refractivity contribution in [3.05, 3.63) is 35.9 Å². The molecular formula is C15H19N. The summed E-state index contributed by atoms with van der Waals surface area (Å²) in [5.41, 5.74) is 7.82. The predicted molar refractivity (Wildman–Crippen MR) is 68.0 cm³/mol. The quantitative estimate of drug-likeness (QED) is 0.768. The Morgan fingerprint density at radius 2 is 1.88 bits per heavy atom. The molecule has 0 bridgehead atoms. The molecule has 0 saturated heterocycles. The van der Waals surface area contributed by atoms with Gasteiger partial charge in [-0.05, 0) is 18.4 Å². The van der Waals surface area contributed by atoms with Gasteiger partial charge in [-0.25, -0.2) is 0 Å². The summed E-state index contributed by atoms with van der Waals surface area (Å²) in [7, 11) is 0. The van der Waals surface area contributed by atoms with Gasteiger partial charge >= 0.3 is 0 Å². The van der Waals surface area contributed by atoms with Crippen LogP contribution in [0.5, 0.6) is 0 Å². The van der Waals surface area contributed by atoms with E-state index in [0.717, 1.165) is 0 Å². The van der Waals surface area contributed by atoms with E-state index in [1.807, 2.05) is 0 Å². The van der Waals surface area contributed by atoms with Crippen LogP contribution in [0.1, 0.15) is 37.7 Å². The molecule has 1 nitrogen and oxygen atoms in total. The fraction of sp³-hybridized carbons (Fsp3) is 0.467. The van der Waals surface area contributed by atoms with Crippen molar-refractivity contribution in [3.63, 3.8) is 0 Å². The van der Waals surface area contributed by atoms with Gasteiger partial charge in [-0.15, -0.1) is 12.3 Å². The molecule has 0 radical (unpaired) electrons. The van der Waals surface area contributed by atoms with E-state index in [-0.39, 0.29) is 11.5 Å². The van der Waals surface area contributed by atoms with Crippen LogP contribution in [0.15, 0.2) is 30.3 Å². The van der Waals surface area contributed by atoms with Gasteiger partial charge in [0.1, 0.15) is 0 Å². The van der Waals surface area contributed by atoms with E-state index < -0.39 is 0 Å². The minimum atomic E-state index is 0.0994. The molecule has 0 heterocycles. The van der Waals surface area contributed by atoms with Crippen LogP contribution in [0.2, 0.25) is 0 Å². The molecule has 1 aromatic carbocycles. The van der Waals surface area contributed by atoms with Crippen molar-refractivity contribution in [2.24, 2.45) is 5.73 Å². The van der Waals surface area contributed by atoms with Gasteiger partial charge in [-0.2, -0.15) is 0 Å². The third-order valence-electron chi connectivity index (χ3n) is 3.89. The molecule has 1 saturated carbocycles. The molecule has 1 aliphatic rings. The lowest BCUT2D eigenvalue weighted by atomic mass is 9.72. The molecule has 1 aliphatic carbocycles. The van der Waals surface area contributed by atoms with Crippen molar-refractivity contribution in [2.45, 2.75) is 43.6 Å². The van der Waals surface area contributed by atoms with E-state index in [2.05, 4.69) is 36.3 Å². The first kappa shape index (κ1) is 11.2. The third-order valence-corrected chi connectivity index (χ3v) is 3.89. The van der Waals surface area contributed by atoms with Crippen LogP contribution in [0.3, 0.4) is 0 Å². The van der Waals surface area contributed by atoms with Gasteiger partial charge in [-0.1, -0.05) is 43.2 Å². The second-order valence-electron chi connectivity index (χ2n) is 4.74. The van der Waals surface area contributed by atoms with Gasteiger partial charge in [0.2, 0.25) is 0 Å². The SMILES string of the molecule is C#CCC(N)C1(c2ccccc2)CCCC1. The molecule has 2 rings (SSSR count). The Labute approximate surface area is 98.0 Å². The summed E-state index contributed by atoms with van der Waals surface area (Å²) in [6.45, 7) is 0. The zero-order valence-electron chi connectivity index (χ0n) is 9.65. The number of hydrogen-bond acceptors (Lipinski definition) is 1. The summed E-state index contributed by atoms with van der Waals surface area (Å²) in [5, 5.41) is 0. The summed E-state index contributed by atoms with van der Waals surface area (Å²) in [4.78, 5) is 0. The fourth-order valence-electron chi connectivity index (χ4n) is 2.97. The average Bonchev–Trinajstić information content (AvgIpc) is 2.81. The zero-order chi connectivity index (χ0) is 11.4. The highest BCUT2D eigenvalue weighted by molar-refractivity contribution is 5.29. The van der Waals surface area contributed by atoms with Crippen LogP contribution < -0.4 is 5.73 Å². The summed E-state index contributed by atoms with van der Waals surface area (Å²) >= 11 is 0. The molecular weight excluding hydrogens is 194 g/mol. The second-order valence-corrected chi connectivity index (χ2v) is 4.74. The van der Waals surface area contributed by atoms with Crippen molar-refractivity contribution in [2.75, 3.05) is 0 Å². The molecule has 1 unspecified atom stereocenters. The Hall–Kier alpha value is -1.26. The highest BCUT2D eigenvalue weighted by Crippen LogP contribution is 2.43. The summed E-state index contributed by atoms with van der Waals surface area (Å²) in [5.74, 6) is 2.71. The lowest BCUT2D eigenvalue weighted by Gasteiger charge is -2.35. The smallest absolute Gasteiger partial charge is 0.0247 e. The summed E-state index contributed by atoms with van der Waals surface area (Å²) < 4.78 is 0. The standard InChI is InChI=1S/C15H19N/c1-2-8-14(16)15(11-6-7-12-15)13-9-4-3-5-10-13/h1,3-5,9-10,14H,6-8,11-12,16H2. The van der Waals surface area contributed by atoms with Crippen LogP contribution >= 0.6 is 0 Å². The highest BCUT2D eigenvalue weighted by Gasteiger charge is 2.40. The van der Waals surface area contributed by atoms with Crippen LogP contribution in [-0.2, 0) is 5.41 Å². The van der Waals surface area contributed by atoms with Gasteiger partial charge in [-0.3, -0.25) is 0 Å². The molecule has 0 spiro atoms. The first-order valence-electron chi connectivity index (χ1n) is 6.04. The van der Waals surface area contributed by atoms with Crippen LogP contribution in [0.25, 0.3) is 0 Å². The Balaban J connectivity index is 2.33. The van der Waals surface area contributed by atoms with Gasteiger partial charge in [0.25, 0.3) is 0 Å². The van der Waals surface area contributed by atoms with Gasteiger partial charge in [0.05, 0.1) is 0 Å². The normalized spacial score (nSPS) is 20.2. The zero-order valence-corrected chi connectivity index (χ0v) is 9.65. The number of rotatable bonds is 3. The van der Waals surface area contributed by atoms with Gasteiger partial charge in [0, 0.05) is 17.9 Å². The van der Waals surface area contributed by atoms with Crippen LogP contribution in [0, 0.1) is 12.3 Å². The molecule has 2 N–H and O–H groups in total. The maximum absolute atomic E-state index is 6.31. The van der Waals surface area contributed by atoms with E-state index in [1.54, 1.807) is 0 Å². The first-order chi connectivity index (χ1) is 7.79. The van der Waals surface area contributed by atoms with Crippen LogP contribution in [-0.4, -0.2) is 6.04 Å². The average molecular weight is 213 g/mol. The molecule has 0 aliphatic heterocycles. The van der Waals surface area contributed by atoms with Crippen molar-refractivity contribution >= 4 is 0 Å². The van der Waals surface area contributed by atoms with E-state index in [1.165, 1.54) is 31.2 Å². The Bertz CT molecular complexity index is 368. The maximum Gasteiger partial charge on any atom is 0.0247 e. The summed E-state index contributed by atoms with van der Waals surface area (Å²) in [6.07, 6.45) is 11.0. The van der Waals surface area contributed by atoms with Crippen molar-refractivity contribution in [3.8, 4) is 12.3 Å². The molecule has 0 amide bonds. The van der Waals surface area contributed by atoms with E-state index in [9.17, 15) is 0 Å². The molecule has 1 aromatic rings. The van der Waals surface area contributed by atoms with E-state index >= 15 is 0 Å². The Kier molecular flexibility index (Phi) is 3.31. The minimum Gasteiger partial charge on any atom is -0.326 e. The minimum absolute atomic E-state index is 0.0994. The van der Waals surface area contributed by atoms with Crippen molar-refractivity contribution < 1.29 is 0 Å². The fourth-order valence-corrected chi connectivity index (χ4v) is 2.97. The second kappa shape index (κ2) is 4.72. The highest BCUT2D eigenvalue weighted by atomic mass is 14.7. The number of terminal acetylenes is 1. The van der Waals surface area contributed by atoms with Crippen LogP contribution in [0.4, 0.5) is 0 Å². The molecule has 1 fully saturated rings. The summed E-state index contributed by atoms with van der Waals surface area (Å²) in [6, 6.07) is 10.7. The monoisotopic (exact) mass is 213 g/mol. The molecule has 1 atom stereocenters. The molecule has 84 valence electrons. The molecule has 16 heavy (non-hydrogen) atoms. The largest absolute Gasteiger partial charge is 0.326 e. The Morgan fingerprint density at radius 1 is 1.25 bits per heavy atom. The number of nitrogens with two attached hydrogens (primary N) is 1. The van der Waals surface area contributed by atoms with Crippen molar-refractivity contribution in [1.29, 1.82) is 0 Å². The first-order valence-corrected chi connectivity index (χ1v) is 6.04. The predicted octanol–water partition coefficient (Wildman–Crippen LogP) is 2.85.